The van der Waals surface area contributed by atoms with E-state index in [0.29, 0.717) is 12.1 Å². The van der Waals surface area contributed by atoms with Crippen LogP contribution in [0.4, 0.5) is 14.5 Å². The molecule has 0 radical (unpaired) electrons. The summed E-state index contributed by atoms with van der Waals surface area (Å²) in [5, 5.41) is 11.8. The lowest BCUT2D eigenvalue weighted by molar-refractivity contribution is -0.534. The van der Waals surface area contributed by atoms with E-state index in [1.165, 1.54) is 18.6 Å². The fraction of sp³-hybridized carbons (Fsp3) is 0.381. The monoisotopic (exact) mass is 451 g/mol. The number of nitrogens with zero attached hydrogens (tertiary/aromatic N) is 2. The Morgan fingerprint density at radius 3 is 2.43 bits per heavy atom. The van der Waals surface area contributed by atoms with Crippen LogP contribution in [0.3, 0.4) is 0 Å². The van der Waals surface area contributed by atoms with Crippen molar-refractivity contribution in [3.63, 3.8) is 0 Å². The number of aliphatic hydroxyl groups is 1. The van der Waals surface area contributed by atoms with E-state index in [0.717, 1.165) is 41.8 Å². The van der Waals surface area contributed by atoms with Crippen molar-refractivity contribution in [1.82, 2.24) is 0 Å². The van der Waals surface area contributed by atoms with Gasteiger partial charge in [-0.15, -0.1) is 0 Å². The van der Waals surface area contributed by atoms with E-state index < -0.39 is 12.3 Å². The normalized spacial score (nSPS) is 22.4. The predicted molar refractivity (Wildman–Crippen MR) is 107 cm³/mol. The van der Waals surface area contributed by atoms with Gasteiger partial charge in [0.15, 0.2) is 6.54 Å². The molecule has 4 rings (SSSR count). The number of halogens is 3. The Labute approximate surface area is 171 Å². The summed E-state index contributed by atoms with van der Waals surface area (Å²) in [7, 11) is 0. The molecular formula is C21H22BrF2N2O2+. The minimum atomic E-state index is -2.87. The molecule has 0 saturated carbocycles. The second kappa shape index (κ2) is 7.79. The predicted octanol–water partition coefficient (Wildman–Crippen LogP) is 4.70. The maximum absolute atomic E-state index is 12.5. The maximum atomic E-state index is 12.5. The van der Waals surface area contributed by atoms with E-state index in [4.69, 9.17) is 0 Å². The van der Waals surface area contributed by atoms with Crippen molar-refractivity contribution in [1.29, 1.82) is 0 Å². The van der Waals surface area contributed by atoms with Gasteiger partial charge in [0.25, 0.3) is 11.6 Å². The molecule has 148 valence electrons. The number of hydrogen-bond acceptors (Lipinski definition) is 3. The average molecular weight is 452 g/mol. The van der Waals surface area contributed by atoms with E-state index in [-0.39, 0.29) is 5.75 Å². The lowest BCUT2D eigenvalue weighted by atomic mass is 9.99. The molecule has 0 bridgehead atoms. The van der Waals surface area contributed by atoms with Crippen LogP contribution in [0.1, 0.15) is 31.2 Å². The Morgan fingerprint density at radius 2 is 1.75 bits per heavy atom. The molecule has 2 aliphatic rings. The summed E-state index contributed by atoms with van der Waals surface area (Å²) in [5.74, 6) is 1.19. The summed E-state index contributed by atoms with van der Waals surface area (Å²) >= 11 is 3.46. The van der Waals surface area contributed by atoms with Crippen molar-refractivity contribution in [2.24, 2.45) is 0 Å². The van der Waals surface area contributed by atoms with Crippen LogP contribution >= 0.6 is 15.9 Å². The quantitative estimate of drug-likeness (QED) is 0.684. The Kier molecular flexibility index (Phi) is 5.38. The molecule has 0 spiro atoms. The fourth-order valence-corrected chi connectivity index (χ4v) is 4.36. The van der Waals surface area contributed by atoms with Crippen LogP contribution in [0.5, 0.6) is 5.75 Å². The third-order valence-corrected chi connectivity index (χ3v) is 5.89. The summed E-state index contributed by atoms with van der Waals surface area (Å²) in [6.07, 6.45) is 4.24. The average Bonchev–Trinajstić information content (AvgIpc) is 2.79. The molecule has 0 aliphatic carbocycles. The second-order valence-electron chi connectivity index (χ2n) is 7.18. The van der Waals surface area contributed by atoms with E-state index in [2.05, 4.69) is 25.2 Å². The molecular weight excluding hydrogens is 430 g/mol. The van der Waals surface area contributed by atoms with Crippen LogP contribution in [-0.2, 0) is 5.72 Å². The third kappa shape index (κ3) is 3.65. The minimum absolute atomic E-state index is 0.0812. The van der Waals surface area contributed by atoms with Crippen molar-refractivity contribution in [3.8, 4) is 5.75 Å². The first-order valence-electron chi connectivity index (χ1n) is 9.42. The molecule has 1 N–H and O–H groups in total. The summed E-state index contributed by atoms with van der Waals surface area (Å²) in [5.41, 5.74) is 0.278. The topological polar surface area (TPSA) is 35.7 Å². The van der Waals surface area contributed by atoms with Gasteiger partial charge in [0.05, 0.1) is 6.54 Å². The highest BCUT2D eigenvalue weighted by Crippen LogP contribution is 2.38. The van der Waals surface area contributed by atoms with Crippen LogP contribution < -0.4 is 9.64 Å². The summed E-state index contributed by atoms with van der Waals surface area (Å²) < 4.78 is 32.6. The lowest BCUT2D eigenvalue weighted by Gasteiger charge is -2.29. The van der Waals surface area contributed by atoms with Gasteiger partial charge in [-0.1, -0.05) is 15.9 Å². The zero-order chi connectivity index (χ0) is 19.7. The molecule has 2 aromatic rings. The number of ether oxygens (including phenoxy) is 1. The number of alkyl halides is 2. The number of amidine groups is 1. The molecule has 0 unspecified atom stereocenters. The Balaban J connectivity index is 1.74. The van der Waals surface area contributed by atoms with Gasteiger partial charge in [-0.2, -0.15) is 13.7 Å². The van der Waals surface area contributed by atoms with Gasteiger partial charge in [0, 0.05) is 16.5 Å². The smallest absolute Gasteiger partial charge is 0.387 e. The van der Waals surface area contributed by atoms with Crippen molar-refractivity contribution in [2.75, 3.05) is 18.0 Å². The van der Waals surface area contributed by atoms with Crippen LogP contribution in [0, 0.1) is 0 Å². The molecule has 28 heavy (non-hydrogen) atoms. The zero-order valence-corrected chi connectivity index (χ0v) is 16.9. The Morgan fingerprint density at radius 1 is 1.04 bits per heavy atom. The molecule has 0 aromatic heterocycles. The number of rotatable bonds is 4. The Hall–Kier alpha value is -1.99. The summed E-state index contributed by atoms with van der Waals surface area (Å²) in [6, 6.07) is 14.1. The highest BCUT2D eigenvalue weighted by Gasteiger charge is 2.54. The van der Waals surface area contributed by atoms with E-state index in [9.17, 15) is 13.9 Å². The molecule has 4 nitrogen and oxygen atoms in total. The van der Waals surface area contributed by atoms with E-state index >= 15 is 0 Å². The minimum Gasteiger partial charge on any atom is -0.435 e. The largest absolute Gasteiger partial charge is 0.435 e. The standard InChI is InChI=1S/C21H22BrF2N2O2/c22-16-7-9-17(10-8-16)26-19-4-2-1-3-13-25(19)14-21(26,27)15-5-11-18(12-6-15)28-20(23)24/h5-12,20,27H,1-4,13-14H2/q+1/t21-/m0/s1. The van der Waals surface area contributed by atoms with Gasteiger partial charge in [-0.25, -0.2) is 0 Å². The van der Waals surface area contributed by atoms with Gasteiger partial charge in [-0.05, 0) is 67.8 Å². The molecule has 2 aliphatic heterocycles. The van der Waals surface area contributed by atoms with Crippen LogP contribution in [-0.4, -0.2) is 35.2 Å². The van der Waals surface area contributed by atoms with Crippen LogP contribution in [0.15, 0.2) is 53.0 Å². The van der Waals surface area contributed by atoms with E-state index in [1.807, 2.05) is 29.2 Å². The number of anilines is 1. The molecule has 1 atom stereocenters. The van der Waals surface area contributed by atoms with Gasteiger partial charge < -0.3 is 9.84 Å². The van der Waals surface area contributed by atoms with Crippen molar-refractivity contribution >= 4 is 27.5 Å². The third-order valence-electron chi connectivity index (χ3n) is 5.36. The molecule has 0 fully saturated rings. The summed E-state index contributed by atoms with van der Waals surface area (Å²) in [4.78, 5) is 1.99. The maximum Gasteiger partial charge on any atom is 0.387 e. The highest BCUT2D eigenvalue weighted by molar-refractivity contribution is 9.10. The van der Waals surface area contributed by atoms with Crippen molar-refractivity contribution in [2.45, 2.75) is 38.0 Å². The first kappa shape index (κ1) is 19.3. The van der Waals surface area contributed by atoms with Gasteiger partial charge in [0.1, 0.15) is 11.4 Å². The lowest BCUT2D eigenvalue weighted by Crippen LogP contribution is -2.47. The van der Waals surface area contributed by atoms with Crippen LogP contribution in [0.2, 0.25) is 0 Å². The van der Waals surface area contributed by atoms with Gasteiger partial charge in [-0.3, -0.25) is 4.58 Å². The van der Waals surface area contributed by atoms with Gasteiger partial charge in [0.2, 0.25) is 0 Å². The molecule has 2 heterocycles. The van der Waals surface area contributed by atoms with Crippen LogP contribution in [0.25, 0.3) is 0 Å². The first-order valence-corrected chi connectivity index (χ1v) is 10.2. The SMILES string of the molecule is O[C@]1(c2ccc(OC(F)F)cc2)C[N+]2=C(CCCCC2)N1c1ccc(Br)cc1. The van der Waals surface area contributed by atoms with Crippen molar-refractivity contribution in [3.05, 3.63) is 58.6 Å². The van der Waals surface area contributed by atoms with Gasteiger partial charge >= 0.3 is 6.61 Å². The second-order valence-corrected chi connectivity index (χ2v) is 8.10. The first-order chi connectivity index (χ1) is 13.5. The highest BCUT2D eigenvalue weighted by atomic mass is 79.9. The molecule has 7 heteroatoms. The number of benzene rings is 2. The van der Waals surface area contributed by atoms with E-state index in [1.54, 1.807) is 12.1 Å². The summed E-state index contributed by atoms with van der Waals surface area (Å²) in [6.45, 7) is -1.53. The van der Waals surface area contributed by atoms with Crippen molar-refractivity contribution < 1.29 is 23.2 Å². The molecule has 0 saturated heterocycles. The molecule has 2 aromatic carbocycles. The fourth-order valence-electron chi connectivity index (χ4n) is 4.10. The number of hydrogen-bond donors (Lipinski definition) is 1. The zero-order valence-electron chi connectivity index (χ0n) is 15.3. The Bertz CT molecular complexity index is 871. The molecule has 0 amide bonds.